The van der Waals surface area contributed by atoms with Crippen molar-refractivity contribution >= 4 is 22.6 Å². The van der Waals surface area contributed by atoms with Crippen LogP contribution in [0.1, 0.15) is 19.0 Å². The van der Waals surface area contributed by atoms with Crippen molar-refractivity contribution in [2.45, 2.75) is 13.3 Å². The van der Waals surface area contributed by atoms with E-state index in [9.17, 15) is 14.9 Å². The fourth-order valence-corrected chi connectivity index (χ4v) is 1.67. The summed E-state index contributed by atoms with van der Waals surface area (Å²) in [6, 6.07) is 2.72. The van der Waals surface area contributed by atoms with Crippen LogP contribution >= 0.6 is 11.8 Å². The van der Waals surface area contributed by atoms with E-state index in [0.717, 1.165) is 11.8 Å². The quantitative estimate of drug-likeness (QED) is 0.363. The van der Waals surface area contributed by atoms with Crippen LogP contribution in [-0.2, 0) is 4.79 Å². The smallest absolute Gasteiger partial charge is 0.303 e. The third-order valence-electron chi connectivity index (χ3n) is 1.99. The monoisotopic (exact) mass is 280 g/mol. The lowest BCUT2D eigenvalue weighted by Gasteiger charge is -1.99. The van der Waals surface area contributed by atoms with E-state index in [0.29, 0.717) is 12.2 Å². The van der Waals surface area contributed by atoms with Crippen molar-refractivity contribution in [3.63, 3.8) is 0 Å². The summed E-state index contributed by atoms with van der Waals surface area (Å²) in [7, 11) is 1.43. The van der Waals surface area contributed by atoms with Gasteiger partial charge in [-0.2, -0.15) is 4.98 Å². The fraction of sp³-hybridized carbons (Fsp3) is 0.333. The van der Waals surface area contributed by atoms with Gasteiger partial charge in [0.15, 0.2) is 10.8 Å². The predicted molar refractivity (Wildman–Crippen MR) is 72.1 cm³/mol. The largest absolute Gasteiger partial charge is 0.481 e. The van der Waals surface area contributed by atoms with Crippen molar-refractivity contribution in [2.75, 3.05) is 12.9 Å². The fourth-order valence-electron chi connectivity index (χ4n) is 1.18. The van der Waals surface area contributed by atoms with Gasteiger partial charge in [-0.25, -0.2) is 0 Å². The Morgan fingerprint density at radius 1 is 1.58 bits per heavy atom. The highest BCUT2D eigenvalue weighted by molar-refractivity contribution is 8.13. The molecule has 0 spiro atoms. The number of nitrogens with zero attached hydrogens (tertiary/aromatic N) is 2. The van der Waals surface area contributed by atoms with Crippen molar-refractivity contribution < 1.29 is 14.5 Å². The molecule has 19 heavy (non-hydrogen) atoms. The number of thioether (sulfide) groups is 1. The van der Waals surface area contributed by atoms with Gasteiger partial charge in [-0.05, 0) is 5.92 Å². The average molecular weight is 280 g/mol. The van der Waals surface area contributed by atoms with Crippen molar-refractivity contribution in [2.24, 2.45) is 0 Å². The molecule has 0 aliphatic rings. The molecule has 0 aromatic carbocycles. The van der Waals surface area contributed by atoms with Gasteiger partial charge in [0.1, 0.15) is 0 Å². The molecule has 1 rings (SSSR count). The molecule has 7 heteroatoms. The van der Waals surface area contributed by atoms with Crippen LogP contribution in [0.15, 0.2) is 12.1 Å². The second-order valence-corrected chi connectivity index (χ2v) is 4.64. The molecule has 100 valence electrons. The molecule has 0 saturated carbocycles. The predicted octanol–water partition coefficient (Wildman–Crippen LogP) is 2.02. The maximum absolute atomic E-state index is 10.8. The minimum atomic E-state index is -0.541. The number of nitro groups is 1. The number of hydrogen-bond acceptors (Lipinski definition) is 6. The van der Waals surface area contributed by atoms with Gasteiger partial charge in [0, 0.05) is 31.2 Å². The van der Waals surface area contributed by atoms with Gasteiger partial charge in [0.05, 0.1) is 12.0 Å². The van der Waals surface area contributed by atoms with Gasteiger partial charge in [-0.3, -0.25) is 14.9 Å². The zero-order chi connectivity index (χ0) is 14.3. The Balaban J connectivity index is 2.83. The van der Waals surface area contributed by atoms with Gasteiger partial charge in [-0.1, -0.05) is 17.7 Å². The maximum Gasteiger partial charge on any atom is 0.303 e. The van der Waals surface area contributed by atoms with E-state index in [4.69, 9.17) is 4.74 Å². The molecule has 0 aliphatic heterocycles. The molecular formula is C12H12N2O4S. The highest BCUT2D eigenvalue weighted by Gasteiger charge is 2.14. The molecule has 6 nitrogen and oxygen atoms in total. The molecule has 0 atom stereocenters. The average Bonchev–Trinajstić information content (AvgIpc) is 2.37. The van der Waals surface area contributed by atoms with Crippen molar-refractivity contribution in [3.05, 3.63) is 27.9 Å². The zero-order valence-corrected chi connectivity index (χ0v) is 11.3. The van der Waals surface area contributed by atoms with E-state index in [1.165, 1.54) is 26.2 Å². The molecule has 1 aromatic heterocycles. The van der Waals surface area contributed by atoms with E-state index in [1.54, 1.807) is 0 Å². The molecule has 0 unspecified atom stereocenters. The Kier molecular flexibility index (Phi) is 5.82. The first kappa shape index (κ1) is 15.0. The van der Waals surface area contributed by atoms with Crippen LogP contribution < -0.4 is 4.74 Å². The Labute approximate surface area is 114 Å². The molecule has 0 aliphatic carbocycles. The van der Waals surface area contributed by atoms with Gasteiger partial charge < -0.3 is 4.74 Å². The first-order valence-corrected chi connectivity index (χ1v) is 6.35. The van der Waals surface area contributed by atoms with Crippen molar-refractivity contribution in [1.29, 1.82) is 0 Å². The molecule has 0 bridgehead atoms. The third-order valence-corrected chi connectivity index (χ3v) is 2.81. The molecule has 0 N–H and O–H groups in total. The van der Waals surface area contributed by atoms with E-state index < -0.39 is 4.92 Å². The van der Waals surface area contributed by atoms with Crippen LogP contribution in [-0.4, -0.2) is 27.9 Å². The van der Waals surface area contributed by atoms with Crippen LogP contribution in [0.2, 0.25) is 0 Å². The SMILES string of the molecule is COc1ccc([N+](=O)[O-])c(C#CCCSC(C)=O)n1. The number of pyridine rings is 1. The van der Waals surface area contributed by atoms with Crippen LogP contribution in [0, 0.1) is 22.0 Å². The first-order valence-electron chi connectivity index (χ1n) is 5.36. The van der Waals surface area contributed by atoms with Gasteiger partial charge in [-0.15, -0.1) is 0 Å². The van der Waals surface area contributed by atoms with E-state index in [1.807, 2.05) is 0 Å². The molecule has 0 amide bonds. The second kappa shape index (κ2) is 7.38. The summed E-state index contributed by atoms with van der Waals surface area (Å²) >= 11 is 1.16. The summed E-state index contributed by atoms with van der Waals surface area (Å²) in [5, 5.41) is 10.8. The van der Waals surface area contributed by atoms with Crippen LogP contribution in [0.5, 0.6) is 5.88 Å². The lowest BCUT2D eigenvalue weighted by molar-refractivity contribution is -0.385. The molecule has 1 heterocycles. The number of ether oxygens (including phenoxy) is 1. The molecule has 0 fully saturated rings. The summed E-state index contributed by atoms with van der Waals surface area (Å²) in [6.07, 6.45) is 0.459. The van der Waals surface area contributed by atoms with Crippen LogP contribution in [0.25, 0.3) is 0 Å². The first-order chi connectivity index (χ1) is 9.04. The Morgan fingerprint density at radius 2 is 2.32 bits per heavy atom. The highest BCUT2D eigenvalue weighted by Crippen LogP contribution is 2.19. The molecule has 1 aromatic rings. The number of carbonyl (C=O) groups is 1. The molecular weight excluding hydrogens is 268 g/mol. The summed E-state index contributed by atoms with van der Waals surface area (Å²) < 4.78 is 4.90. The van der Waals surface area contributed by atoms with E-state index in [-0.39, 0.29) is 22.4 Å². The summed E-state index contributed by atoms with van der Waals surface area (Å²) in [5.74, 6) is 6.22. The van der Waals surface area contributed by atoms with E-state index in [2.05, 4.69) is 16.8 Å². The maximum atomic E-state index is 10.8. The van der Waals surface area contributed by atoms with E-state index >= 15 is 0 Å². The minimum Gasteiger partial charge on any atom is -0.481 e. The number of hydrogen-bond donors (Lipinski definition) is 0. The van der Waals surface area contributed by atoms with Crippen LogP contribution in [0.4, 0.5) is 5.69 Å². The van der Waals surface area contributed by atoms with Crippen molar-refractivity contribution in [1.82, 2.24) is 4.98 Å². The third kappa shape index (κ3) is 4.97. The Hall–Kier alpha value is -2.07. The number of carbonyl (C=O) groups excluding carboxylic acids is 1. The molecule has 0 saturated heterocycles. The summed E-state index contributed by atoms with van der Waals surface area (Å²) in [5.41, 5.74) is -0.0929. The summed E-state index contributed by atoms with van der Waals surface area (Å²) in [4.78, 5) is 24.9. The van der Waals surface area contributed by atoms with Gasteiger partial charge >= 0.3 is 5.69 Å². The Bertz CT molecular complexity index is 548. The number of methoxy groups -OCH3 is 1. The number of aromatic nitrogens is 1. The second-order valence-electron chi connectivity index (χ2n) is 3.37. The van der Waals surface area contributed by atoms with Crippen LogP contribution in [0.3, 0.4) is 0 Å². The summed E-state index contributed by atoms with van der Waals surface area (Å²) in [6.45, 7) is 1.48. The Morgan fingerprint density at radius 3 is 2.89 bits per heavy atom. The topological polar surface area (TPSA) is 82.3 Å². The van der Waals surface area contributed by atoms with Gasteiger partial charge in [0.2, 0.25) is 5.88 Å². The highest BCUT2D eigenvalue weighted by atomic mass is 32.2. The molecule has 0 radical (unpaired) electrons. The lowest BCUT2D eigenvalue weighted by atomic mass is 10.3. The van der Waals surface area contributed by atoms with Crippen molar-refractivity contribution in [3.8, 4) is 17.7 Å². The zero-order valence-electron chi connectivity index (χ0n) is 10.5. The standard InChI is InChI=1S/C12H12N2O4S/c1-9(15)19-8-4-3-5-10-11(14(16)17)6-7-12(13-10)18-2/h6-7H,4,8H2,1-2H3. The minimum absolute atomic E-state index is 0.0206. The number of rotatable bonds is 4. The lowest BCUT2D eigenvalue weighted by Crippen LogP contribution is -1.97. The van der Waals surface area contributed by atoms with Gasteiger partial charge in [0.25, 0.3) is 0 Å². The normalized spacial score (nSPS) is 9.37.